The van der Waals surface area contributed by atoms with Gasteiger partial charge in [-0.3, -0.25) is 4.79 Å². The molecule has 9 heteroatoms. The molecule has 0 aliphatic carbocycles. The van der Waals surface area contributed by atoms with Gasteiger partial charge in [-0.1, -0.05) is 60.1 Å². The number of anilines is 1. The predicted molar refractivity (Wildman–Crippen MR) is 127 cm³/mol. The number of sulfonamides is 1. The van der Waals surface area contributed by atoms with Crippen molar-refractivity contribution < 1.29 is 22.7 Å². The number of benzene rings is 3. The maximum absolute atomic E-state index is 12.8. The summed E-state index contributed by atoms with van der Waals surface area (Å²) >= 11 is 6.10. The van der Waals surface area contributed by atoms with E-state index in [0.717, 1.165) is 11.6 Å². The molecule has 3 aromatic carbocycles. The van der Waals surface area contributed by atoms with Gasteiger partial charge < -0.3 is 9.64 Å². The number of amides is 1. The van der Waals surface area contributed by atoms with Crippen LogP contribution in [-0.4, -0.2) is 33.4 Å². The molecule has 3 aromatic rings. The maximum Gasteiger partial charge on any atom is 0.338 e. The molecule has 0 saturated heterocycles. The van der Waals surface area contributed by atoms with Crippen LogP contribution in [0.25, 0.3) is 0 Å². The Morgan fingerprint density at radius 3 is 2.24 bits per heavy atom. The van der Waals surface area contributed by atoms with Crippen molar-refractivity contribution in [2.75, 3.05) is 11.9 Å². The number of likely N-dealkylation sites (N-methyl/N-ethyl adjacent to an activating group) is 1. The monoisotopic (exact) mass is 486 g/mol. The number of halogens is 1. The topological polar surface area (TPSA) is 92.8 Å². The largest absolute Gasteiger partial charge is 0.449 e. The molecule has 1 amide bonds. The van der Waals surface area contributed by atoms with Crippen LogP contribution in [0.5, 0.6) is 0 Å². The standard InChI is InChI=1S/C24H23ClN2O5S/c1-17(23(28)27(2)20-11-7-4-8-12-20)32-24(29)19-13-14-21(25)22(15-19)33(30,31)26-16-18-9-5-3-6-10-18/h3-15,17,26H,16H2,1-2H3. The van der Waals surface area contributed by atoms with Crippen LogP contribution in [0.4, 0.5) is 5.69 Å². The highest BCUT2D eigenvalue weighted by Gasteiger charge is 2.25. The lowest BCUT2D eigenvalue weighted by Crippen LogP contribution is -2.37. The molecule has 33 heavy (non-hydrogen) atoms. The highest BCUT2D eigenvalue weighted by molar-refractivity contribution is 7.89. The Morgan fingerprint density at radius 1 is 1.00 bits per heavy atom. The molecule has 1 unspecified atom stereocenters. The fourth-order valence-electron chi connectivity index (χ4n) is 3.02. The highest BCUT2D eigenvalue weighted by Crippen LogP contribution is 2.24. The average Bonchev–Trinajstić information content (AvgIpc) is 2.83. The first-order chi connectivity index (χ1) is 15.7. The van der Waals surface area contributed by atoms with Gasteiger partial charge in [-0.25, -0.2) is 17.9 Å². The third kappa shape index (κ3) is 6.19. The molecule has 0 aliphatic heterocycles. The summed E-state index contributed by atoms with van der Waals surface area (Å²) < 4.78 is 33.3. The molecule has 0 aliphatic rings. The highest BCUT2D eigenvalue weighted by atomic mass is 35.5. The summed E-state index contributed by atoms with van der Waals surface area (Å²) in [5.41, 5.74) is 1.37. The fraction of sp³-hybridized carbons (Fsp3) is 0.167. The van der Waals surface area contributed by atoms with Crippen LogP contribution in [0.3, 0.4) is 0 Å². The van der Waals surface area contributed by atoms with E-state index in [1.165, 1.54) is 24.0 Å². The van der Waals surface area contributed by atoms with E-state index in [9.17, 15) is 18.0 Å². The summed E-state index contributed by atoms with van der Waals surface area (Å²) in [4.78, 5) is 26.4. The van der Waals surface area contributed by atoms with Crippen molar-refractivity contribution in [1.29, 1.82) is 0 Å². The van der Waals surface area contributed by atoms with Crippen LogP contribution in [0.15, 0.2) is 83.8 Å². The molecule has 3 rings (SSSR count). The number of rotatable bonds is 8. The molecule has 0 spiro atoms. The number of para-hydroxylation sites is 1. The number of hydrogen-bond donors (Lipinski definition) is 1. The summed E-state index contributed by atoms with van der Waals surface area (Å²) in [5.74, 6) is -1.27. The van der Waals surface area contributed by atoms with E-state index >= 15 is 0 Å². The van der Waals surface area contributed by atoms with Crippen LogP contribution in [-0.2, 0) is 26.1 Å². The summed E-state index contributed by atoms with van der Waals surface area (Å²) in [6, 6.07) is 21.7. The van der Waals surface area contributed by atoms with Gasteiger partial charge in [0, 0.05) is 19.3 Å². The molecule has 1 atom stereocenters. The lowest BCUT2D eigenvalue weighted by Gasteiger charge is -2.21. The Hall–Kier alpha value is -3.20. The van der Waals surface area contributed by atoms with Crippen molar-refractivity contribution in [3.8, 4) is 0 Å². The Labute approximate surface area is 198 Å². The first-order valence-corrected chi connectivity index (χ1v) is 11.9. The number of hydrogen-bond acceptors (Lipinski definition) is 5. The number of carbonyl (C=O) groups is 2. The number of ether oxygens (including phenoxy) is 1. The van der Waals surface area contributed by atoms with E-state index in [0.29, 0.717) is 5.69 Å². The van der Waals surface area contributed by atoms with E-state index < -0.39 is 28.0 Å². The van der Waals surface area contributed by atoms with Gasteiger partial charge in [0.2, 0.25) is 10.0 Å². The zero-order chi connectivity index (χ0) is 24.0. The molecule has 0 saturated carbocycles. The molecule has 0 bridgehead atoms. The van der Waals surface area contributed by atoms with E-state index in [4.69, 9.17) is 16.3 Å². The molecule has 0 aromatic heterocycles. The fourth-order valence-corrected chi connectivity index (χ4v) is 4.56. The third-order valence-electron chi connectivity index (χ3n) is 4.87. The van der Waals surface area contributed by atoms with Crippen molar-refractivity contribution >= 4 is 39.2 Å². The van der Waals surface area contributed by atoms with Crippen molar-refractivity contribution in [3.05, 3.63) is 95.0 Å². The van der Waals surface area contributed by atoms with Crippen LogP contribution in [0.2, 0.25) is 5.02 Å². The van der Waals surface area contributed by atoms with E-state index in [1.807, 2.05) is 12.1 Å². The number of carbonyl (C=O) groups excluding carboxylic acids is 2. The number of nitrogens with one attached hydrogen (secondary N) is 1. The van der Waals surface area contributed by atoms with Gasteiger partial charge in [-0.15, -0.1) is 0 Å². The molecule has 172 valence electrons. The Kier molecular flexibility index (Phi) is 7.86. The van der Waals surface area contributed by atoms with Crippen molar-refractivity contribution in [1.82, 2.24) is 4.72 Å². The Bertz CT molecular complexity index is 1230. The molecule has 7 nitrogen and oxygen atoms in total. The van der Waals surface area contributed by atoms with Crippen molar-refractivity contribution in [3.63, 3.8) is 0 Å². The second kappa shape index (κ2) is 10.6. The lowest BCUT2D eigenvalue weighted by molar-refractivity contribution is -0.126. The summed E-state index contributed by atoms with van der Waals surface area (Å²) in [5, 5.41) is -0.0416. The summed E-state index contributed by atoms with van der Waals surface area (Å²) in [6.45, 7) is 1.51. The van der Waals surface area contributed by atoms with Crippen LogP contribution in [0.1, 0.15) is 22.8 Å². The Morgan fingerprint density at radius 2 is 1.61 bits per heavy atom. The SMILES string of the molecule is CC(OC(=O)c1ccc(Cl)c(S(=O)(=O)NCc2ccccc2)c1)C(=O)N(C)c1ccccc1. The quantitative estimate of drug-likeness (QED) is 0.485. The van der Waals surface area contributed by atoms with Crippen LogP contribution < -0.4 is 9.62 Å². The van der Waals surface area contributed by atoms with Crippen molar-refractivity contribution in [2.45, 2.75) is 24.5 Å². The molecular weight excluding hydrogens is 464 g/mol. The lowest BCUT2D eigenvalue weighted by atomic mass is 10.2. The second-order valence-corrected chi connectivity index (χ2v) is 9.38. The van der Waals surface area contributed by atoms with E-state index in [-0.39, 0.29) is 22.0 Å². The van der Waals surface area contributed by atoms with Crippen molar-refractivity contribution in [2.24, 2.45) is 0 Å². The molecular formula is C24H23ClN2O5S. The maximum atomic E-state index is 12.8. The first kappa shape index (κ1) is 24.4. The van der Waals surface area contributed by atoms with Gasteiger partial charge in [-0.2, -0.15) is 0 Å². The average molecular weight is 487 g/mol. The molecule has 0 fully saturated rings. The third-order valence-corrected chi connectivity index (χ3v) is 6.75. The van der Waals surface area contributed by atoms with Crippen LogP contribution in [0, 0.1) is 0 Å². The van der Waals surface area contributed by atoms with Gasteiger partial charge in [0.25, 0.3) is 5.91 Å². The van der Waals surface area contributed by atoms with Gasteiger partial charge in [0.1, 0.15) is 4.90 Å². The normalized spacial score (nSPS) is 12.1. The second-order valence-electron chi connectivity index (χ2n) is 7.24. The van der Waals surface area contributed by atoms with Gasteiger partial charge in [0.05, 0.1) is 10.6 Å². The minimum atomic E-state index is -4.00. The van der Waals surface area contributed by atoms with E-state index in [1.54, 1.807) is 55.6 Å². The summed E-state index contributed by atoms with van der Waals surface area (Å²) in [6.07, 6.45) is -1.09. The smallest absolute Gasteiger partial charge is 0.338 e. The van der Waals surface area contributed by atoms with E-state index in [2.05, 4.69) is 4.72 Å². The van der Waals surface area contributed by atoms with Gasteiger partial charge >= 0.3 is 5.97 Å². The van der Waals surface area contributed by atoms with Gasteiger partial charge in [0.15, 0.2) is 6.10 Å². The minimum Gasteiger partial charge on any atom is -0.449 e. The number of nitrogens with zero attached hydrogens (tertiary/aromatic N) is 1. The predicted octanol–water partition coefficient (Wildman–Crippen LogP) is 4.03. The van der Waals surface area contributed by atoms with Gasteiger partial charge in [-0.05, 0) is 42.8 Å². The Balaban J connectivity index is 1.72. The molecule has 0 heterocycles. The minimum absolute atomic E-state index is 0.0403. The number of esters is 1. The zero-order valence-electron chi connectivity index (χ0n) is 18.1. The molecule has 1 N–H and O–H groups in total. The molecule has 0 radical (unpaired) electrons. The van der Waals surface area contributed by atoms with Crippen LogP contribution >= 0.6 is 11.6 Å². The first-order valence-electron chi connectivity index (χ1n) is 10.1. The zero-order valence-corrected chi connectivity index (χ0v) is 19.6. The summed E-state index contributed by atoms with van der Waals surface area (Å²) in [7, 11) is -2.43.